The maximum atomic E-state index is 13.4. The van der Waals surface area contributed by atoms with Gasteiger partial charge in [-0.3, -0.25) is 14.5 Å². The Bertz CT molecular complexity index is 1940. The largest absolute Gasteiger partial charge is 0.323 e. The number of nitrogens with one attached hydrogen (secondary N) is 1. The Morgan fingerprint density at radius 3 is 2.81 bits per heavy atom. The van der Waals surface area contributed by atoms with E-state index in [1.807, 2.05) is 58.8 Å². The quantitative estimate of drug-likeness (QED) is 0.391. The molecule has 0 bridgehead atoms. The fourth-order valence-corrected chi connectivity index (χ4v) is 5.75. The van der Waals surface area contributed by atoms with Gasteiger partial charge in [0, 0.05) is 30.4 Å². The van der Waals surface area contributed by atoms with Crippen LogP contribution in [-0.4, -0.2) is 39.1 Å². The second-order valence-corrected chi connectivity index (χ2v) is 9.74. The van der Waals surface area contributed by atoms with Crippen LogP contribution in [0.25, 0.3) is 37.3 Å². The Balaban J connectivity index is 1.25. The van der Waals surface area contributed by atoms with E-state index >= 15 is 0 Å². The first-order valence-electron chi connectivity index (χ1n) is 11.5. The number of aryl methyl sites for hydroxylation is 1. The number of fused-ring (bicyclic) bond motifs is 4. The summed E-state index contributed by atoms with van der Waals surface area (Å²) in [5.74, 6) is 0. The molecule has 5 heterocycles. The number of aromatic amines is 1. The number of H-pyrrole nitrogens is 1. The second kappa shape index (κ2) is 7.99. The third-order valence-electron chi connectivity index (χ3n) is 6.49. The van der Waals surface area contributed by atoms with E-state index in [4.69, 9.17) is 4.98 Å². The number of nitrogens with zero attached hydrogens (tertiary/aromatic N) is 7. The highest BCUT2D eigenvalue weighted by Crippen LogP contribution is 2.32. The molecule has 0 radical (unpaired) electrons. The van der Waals surface area contributed by atoms with Crippen LogP contribution in [0.5, 0.6) is 0 Å². The summed E-state index contributed by atoms with van der Waals surface area (Å²) in [7, 11) is 1.88. The third-order valence-corrected chi connectivity index (χ3v) is 7.59. The molecule has 0 atom stereocenters. The molecule has 1 N–H and O–H groups in total. The summed E-state index contributed by atoms with van der Waals surface area (Å²) >= 11 is 1.53. The molecule has 36 heavy (non-hydrogen) atoms. The molecule has 0 aliphatic rings. The highest BCUT2D eigenvalue weighted by atomic mass is 32.1. The molecule has 0 saturated carbocycles. The van der Waals surface area contributed by atoms with Crippen LogP contribution in [0.1, 0.15) is 16.8 Å². The van der Waals surface area contributed by atoms with E-state index in [2.05, 4.69) is 32.4 Å². The predicted octanol–water partition coefficient (Wildman–Crippen LogP) is 4.05. The summed E-state index contributed by atoms with van der Waals surface area (Å²) in [6.07, 6.45) is 8.11. The predicted molar refractivity (Wildman–Crippen MR) is 140 cm³/mol. The average Bonchev–Trinajstić information content (AvgIpc) is 3.67. The van der Waals surface area contributed by atoms with Crippen molar-refractivity contribution in [2.45, 2.75) is 13.0 Å². The lowest BCUT2D eigenvalue weighted by molar-refractivity contribution is 0.647. The van der Waals surface area contributed by atoms with Gasteiger partial charge in [-0.1, -0.05) is 53.8 Å². The minimum atomic E-state index is -0.143. The van der Waals surface area contributed by atoms with Crippen molar-refractivity contribution in [3.05, 3.63) is 101 Å². The first kappa shape index (κ1) is 20.8. The van der Waals surface area contributed by atoms with Crippen molar-refractivity contribution in [3.8, 4) is 5.13 Å². The van der Waals surface area contributed by atoms with E-state index in [9.17, 15) is 4.79 Å². The van der Waals surface area contributed by atoms with Crippen molar-refractivity contribution >= 4 is 43.5 Å². The Morgan fingerprint density at radius 2 is 1.92 bits per heavy atom. The number of thiazole rings is 1. The molecular formula is C26H20N8OS. The second-order valence-electron chi connectivity index (χ2n) is 8.76. The molecule has 9 nitrogen and oxygen atoms in total. The third kappa shape index (κ3) is 3.26. The van der Waals surface area contributed by atoms with Gasteiger partial charge in [0.1, 0.15) is 11.8 Å². The number of aromatic nitrogens is 8. The zero-order chi connectivity index (χ0) is 24.2. The molecule has 0 saturated heterocycles. The molecule has 0 aliphatic heterocycles. The lowest BCUT2D eigenvalue weighted by Gasteiger charge is -2.07. The van der Waals surface area contributed by atoms with Crippen LogP contribution in [0, 0.1) is 0 Å². The number of benzene rings is 2. The van der Waals surface area contributed by atoms with Gasteiger partial charge in [0.15, 0.2) is 10.8 Å². The van der Waals surface area contributed by atoms with Gasteiger partial charge >= 0.3 is 0 Å². The molecule has 0 fully saturated rings. The monoisotopic (exact) mass is 492 g/mol. The van der Waals surface area contributed by atoms with Gasteiger partial charge < -0.3 is 4.57 Å². The van der Waals surface area contributed by atoms with Gasteiger partial charge in [-0.15, -0.1) is 0 Å². The average molecular weight is 493 g/mol. The van der Waals surface area contributed by atoms with Crippen LogP contribution in [0.3, 0.4) is 0 Å². The van der Waals surface area contributed by atoms with Crippen molar-refractivity contribution in [3.63, 3.8) is 0 Å². The van der Waals surface area contributed by atoms with Gasteiger partial charge in [-0.2, -0.15) is 10.2 Å². The summed E-state index contributed by atoms with van der Waals surface area (Å²) in [4.78, 5) is 22.9. The van der Waals surface area contributed by atoms with Crippen LogP contribution < -0.4 is 5.56 Å². The molecule has 0 spiro atoms. The van der Waals surface area contributed by atoms with Crippen molar-refractivity contribution in [1.82, 2.24) is 39.1 Å². The molecule has 5 aromatic heterocycles. The van der Waals surface area contributed by atoms with Gasteiger partial charge in [-0.05, 0) is 17.2 Å². The van der Waals surface area contributed by atoms with Crippen LogP contribution >= 0.6 is 11.3 Å². The van der Waals surface area contributed by atoms with Crippen LogP contribution in [0.4, 0.5) is 0 Å². The molecule has 2 aromatic carbocycles. The normalized spacial score (nSPS) is 11.8. The van der Waals surface area contributed by atoms with Crippen molar-refractivity contribution in [2.75, 3.05) is 0 Å². The topological polar surface area (TPSA) is 99.2 Å². The molecule has 0 aliphatic carbocycles. The Hall–Kier alpha value is -4.57. The standard InChI is InChI=1S/C26H20N8OS/c1-32-22-20(12-29-34(25(22)35)13-17-8-5-9-21-19(17)11-28-31-21)23-24(32)30-26(36-23)33-14-18(27-15-33)10-16-6-3-2-4-7-16/h2-9,11-12,14-15H,10,13H2,1H3,(H,28,31). The summed E-state index contributed by atoms with van der Waals surface area (Å²) in [5.41, 5.74) is 5.32. The summed E-state index contributed by atoms with van der Waals surface area (Å²) in [5, 5.41) is 14.2. The molecule has 0 amide bonds. The summed E-state index contributed by atoms with van der Waals surface area (Å²) < 4.78 is 6.25. The van der Waals surface area contributed by atoms with E-state index in [-0.39, 0.29) is 5.56 Å². The highest BCUT2D eigenvalue weighted by Gasteiger charge is 2.19. The fourth-order valence-electron chi connectivity index (χ4n) is 4.69. The molecule has 7 rings (SSSR count). The van der Waals surface area contributed by atoms with Crippen molar-refractivity contribution < 1.29 is 0 Å². The lowest BCUT2D eigenvalue weighted by atomic mass is 10.1. The minimum absolute atomic E-state index is 0.143. The van der Waals surface area contributed by atoms with Gasteiger partial charge in [-0.25, -0.2) is 14.6 Å². The summed E-state index contributed by atoms with van der Waals surface area (Å²) in [6.45, 7) is 0.363. The molecule has 176 valence electrons. The number of imidazole rings is 1. The zero-order valence-electron chi connectivity index (χ0n) is 19.3. The lowest BCUT2D eigenvalue weighted by Crippen LogP contribution is -2.24. The van der Waals surface area contributed by atoms with Gasteiger partial charge in [0.2, 0.25) is 0 Å². The summed E-state index contributed by atoms with van der Waals surface area (Å²) in [6, 6.07) is 16.2. The van der Waals surface area contributed by atoms with E-state index in [0.29, 0.717) is 12.1 Å². The molecule has 10 heteroatoms. The number of hydrogen-bond donors (Lipinski definition) is 1. The Morgan fingerprint density at radius 1 is 1.03 bits per heavy atom. The van der Waals surface area contributed by atoms with E-state index in [1.54, 1.807) is 18.7 Å². The molecule has 0 unspecified atom stereocenters. The SMILES string of the molecule is Cn1c2nc(-n3cnc(Cc4ccccc4)c3)sc2c2cnn(Cc3cccc4[nH]ncc34)c(=O)c21. The van der Waals surface area contributed by atoms with Crippen LogP contribution in [-0.2, 0) is 20.0 Å². The van der Waals surface area contributed by atoms with Crippen molar-refractivity contribution in [1.29, 1.82) is 0 Å². The highest BCUT2D eigenvalue weighted by molar-refractivity contribution is 7.21. The number of hydrogen-bond acceptors (Lipinski definition) is 6. The van der Waals surface area contributed by atoms with Gasteiger partial charge in [0.25, 0.3) is 5.56 Å². The Labute approximate surface area is 208 Å². The van der Waals surface area contributed by atoms with Crippen molar-refractivity contribution in [2.24, 2.45) is 7.05 Å². The first-order valence-corrected chi connectivity index (χ1v) is 12.3. The minimum Gasteiger partial charge on any atom is -0.323 e. The maximum Gasteiger partial charge on any atom is 0.291 e. The van der Waals surface area contributed by atoms with Crippen LogP contribution in [0.2, 0.25) is 0 Å². The number of rotatable bonds is 5. The maximum absolute atomic E-state index is 13.4. The van der Waals surface area contributed by atoms with Crippen LogP contribution in [0.15, 0.2) is 78.2 Å². The zero-order valence-corrected chi connectivity index (χ0v) is 20.1. The van der Waals surface area contributed by atoms with E-state index in [0.717, 1.165) is 49.4 Å². The smallest absolute Gasteiger partial charge is 0.291 e. The molecular weight excluding hydrogens is 472 g/mol. The fraction of sp³-hybridized carbons (Fsp3) is 0.115. The molecule has 7 aromatic rings. The van der Waals surface area contributed by atoms with E-state index < -0.39 is 0 Å². The first-order chi connectivity index (χ1) is 17.7. The van der Waals surface area contributed by atoms with Gasteiger partial charge in [0.05, 0.1) is 34.8 Å². The Kier molecular flexibility index (Phi) is 4.61. The van der Waals surface area contributed by atoms with E-state index in [1.165, 1.54) is 21.6 Å².